The Hall–Kier alpha value is -2.61. The van der Waals surface area contributed by atoms with Gasteiger partial charge in [-0.05, 0) is 54.7 Å². The number of hydrogen-bond donors (Lipinski definition) is 0. The van der Waals surface area contributed by atoms with E-state index in [0.717, 1.165) is 30.0 Å². The van der Waals surface area contributed by atoms with Crippen molar-refractivity contribution < 1.29 is 0 Å². The number of fused-ring (bicyclic) bond motifs is 1. The Labute approximate surface area is 138 Å². The van der Waals surface area contributed by atoms with E-state index >= 15 is 0 Å². The molecule has 1 heterocycles. The minimum absolute atomic E-state index is 0.736. The topological polar surface area (TPSA) is 15.6 Å². The molecule has 0 unspecified atom stereocenters. The number of hydrogen-bond acceptors (Lipinski definition) is 2. The van der Waals surface area contributed by atoms with Gasteiger partial charge in [0.1, 0.15) is 5.82 Å². The van der Waals surface area contributed by atoms with Gasteiger partial charge in [-0.1, -0.05) is 49.9 Å². The van der Waals surface area contributed by atoms with Gasteiger partial charge in [0.2, 0.25) is 0 Å². The summed E-state index contributed by atoms with van der Waals surface area (Å²) < 4.78 is 0. The highest BCUT2D eigenvalue weighted by Gasteiger charge is 2.18. The Kier molecular flexibility index (Phi) is 4.42. The molecule has 116 valence electrons. The molecule has 0 fully saturated rings. The summed E-state index contributed by atoms with van der Waals surface area (Å²) in [4.78, 5) is 6.69. The molecule has 0 spiro atoms. The maximum atomic E-state index is 4.52. The lowest BCUT2D eigenvalue weighted by atomic mass is 10.0. The minimum atomic E-state index is 0.736. The van der Waals surface area contributed by atoms with Crippen molar-refractivity contribution in [2.45, 2.75) is 26.7 Å². The lowest BCUT2D eigenvalue weighted by molar-refractivity contribution is 1.06. The summed E-state index contributed by atoms with van der Waals surface area (Å²) in [5, 5.41) is 0. The molecule has 0 aromatic heterocycles. The van der Waals surface area contributed by atoms with Crippen LogP contribution in [0.15, 0.2) is 72.0 Å². The predicted molar refractivity (Wildman–Crippen MR) is 99.6 cm³/mol. The van der Waals surface area contributed by atoms with Gasteiger partial charge in [-0.15, -0.1) is 0 Å². The Bertz CT molecular complexity index is 784. The number of rotatable bonds is 2. The Balaban J connectivity index is 2.22. The second-order valence-electron chi connectivity index (χ2n) is 5.71. The van der Waals surface area contributed by atoms with Crippen LogP contribution >= 0.6 is 0 Å². The van der Waals surface area contributed by atoms with Crippen molar-refractivity contribution in [1.82, 2.24) is 0 Å². The van der Waals surface area contributed by atoms with E-state index < -0.39 is 0 Å². The van der Waals surface area contributed by atoms with Gasteiger partial charge in [-0.3, -0.25) is 4.90 Å². The first kappa shape index (κ1) is 15.3. The van der Waals surface area contributed by atoms with Crippen molar-refractivity contribution in [2.24, 2.45) is 4.99 Å². The highest BCUT2D eigenvalue weighted by Crippen LogP contribution is 2.36. The molecule has 0 saturated heterocycles. The van der Waals surface area contributed by atoms with Crippen molar-refractivity contribution in [3.05, 3.63) is 83.7 Å². The summed E-state index contributed by atoms with van der Waals surface area (Å²) in [6, 6.07) is 14.9. The average molecular weight is 302 g/mol. The molecule has 2 heteroatoms. The second kappa shape index (κ2) is 6.66. The average Bonchev–Trinajstić information content (AvgIpc) is 2.64. The van der Waals surface area contributed by atoms with Crippen LogP contribution in [0.5, 0.6) is 0 Å². The Morgan fingerprint density at radius 1 is 1.09 bits per heavy atom. The first-order valence-corrected chi connectivity index (χ1v) is 8.07. The van der Waals surface area contributed by atoms with Crippen molar-refractivity contribution in [2.75, 3.05) is 4.90 Å². The molecule has 0 saturated carbocycles. The zero-order valence-electron chi connectivity index (χ0n) is 13.8. The van der Waals surface area contributed by atoms with Crippen molar-refractivity contribution in [1.29, 1.82) is 0 Å². The van der Waals surface area contributed by atoms with Crippen molar-refractivity contribution >= 4 is 17.6 Å². The maximum absolute atomic E-state index is 4.52. The van der Waals surface area contributed by atoms with Crippen LogP contribution in [0, 0.1) is 6.92 Å². The molecular formula is C21H22N2. The molecule has 0 atom stereocenters. The fourth-order valence-electron chi connectivity index (χ4n) is 3.05. The number of nitrogens with zero attached hydrogens (tertiary/aromatic N) is 2. The third kappa shape index (κ3) is 2.98. The summed E-state index contributed by atoms with van der Waals surface area (Å²) in [7, 11) is 0. The first-order valence-electron chi connectivity index (χ1n) is 8.07. The van der Waals surface area contributed by atoms with Crippen LogP contribution < -0.4 is 4.90 Å². The van der Waals surface area contributed by atoms with E-state index in [2.05, 4.69) is 78.9 Å². The van der Waals surface area contributed by atoms with E-state index in [9.17, 15) is 0 Å². The summed E-state index contributed by atoms with van der Waals surface area (Å²) in [5.74, 6) is 0.736. The third-order valence-corrected chi connectivity index (χ3v) is 4.31. The summed E-state index contributed by atoms with van der Waals surface area (Å²) in [6.45, 7) is 8.57. The number of aliphatic imine (C=N–C) groups is 1. The molecule has 0 amide bonds. The van der Waals surface area contributed by atoms with Gasteiger partial charge in [-0.25, -0.2) is 4.99 Å². The number of benzene rings is 2. The number of para-hydroxylation sites is 1. The largest absolute Gasteiger partial charge is 0.295 e. The van der Waals surface area contributed by atoms with Crippen LogP contribution in [0.1, 0.15) is 23.6 Å². The zero-order valence-corrected chi connectivity index (χ0v) is 13.8. The highest BCUT2D eigenvalue weighted by atomic mass is 15.2. The van der Waals surface area contributed by atoms with Crippen molar-refractivity contribution in [3.8, 4) is 0 Å². The van der Waals surface area contributed by atoms with Gasteiger partial charge in [0, 0.05) is 6.21 Å². The first-order chi connectivity index (χ1) is 11.2. The van der Waals surface area contributed by atoms with Crippen LogP contribution in [0.2, 0.25) is 0 Å². The lowest BCUT2D eigenvalue weighted by Gasteiger charge is -2.28. The summed E-state index contributed by atoms with van der Waals surface area (Å²) in [5.41, 5.74) is 6.22. The van der Waals surface area contributed by atoms with Crippen LogP contribution in [-0.4, -0.2) is 6.21 Å². The summed E-state index contributed by atoms with van der Waals surface area (Å²) >= 11 is 0. The second-order valence-corrected chi connectivity index (χ2v) is 5.71. The molecule has 1 aliphatic heterocycles. The monoisotopic (exact) mass is 302 g/mol. The lowest BCUT2D eigenvalue weighted by Crippen LogP contribution is -2.17. The van der Waals surface area contributed by atoms with Gasteiger partial charge in [-0.2, -0.15) is 0 Å². The van der Waals surface area contributed by atoms with E-state index in [-0.39, 0.29) is 0 Å². The van der Waals surface area contributed by atoms with E-state index in [1.165, 1.54) is 16.7 Å². The van der Waals surface area contributed by atoms with Crippen LogP contribution in [0.3, 0.4) is 0 Å². The molecule has 0 bridgehead atoms. The summed E-state index contributed by atoms with van der Waals surface area (Å²) in [6.07, 6.45) is 7.85. The standard InChI is InChI=1S/C21H22N2/c1-4-18-12-9-14-20(16(18)2)23-17(3)22-15-8-7-11-19-10-5-6-13-21(19)23/h5-10,12-15H,3-4,11H2,1-2H3/b8-7-,22-15-. The smallest absolute Gasteiger partial charge is 0.130 e. The fraction of sp³-hybridized carbons (Fsp3) is 0.190. The highest BCUT2D eigenvalue weighted by molar-refractivity contribution is 5.78. The van der Waals surface area contributed by atoms with E-state index in [1.807, 2.05) is 12.3 Å². The molecule has 3 rings (SSSR count). The van der Waals surface area contributed by atoms with Gasteiger partial charge >= 0.3 is 0 Å². The van der Waals surface area contributed by atoms with Gasteiger partial charge < -0.3 is 0 Å². The molecule has 1 aliphatic rings. The van der Waals surface area contributed by atoms with Crippen LogP contribution in [-0.2, 0) is 12.8 Å². The van der Waals surface area contributed by atoms with Crippen LogP contribution in [0.4, 0.5) is 11.4 Å². The predicted octanol–water partition coefficient (Wildman–Crippen LogP) is 5.35. The SMILES string of the molecule is C=C1/N=C\C=C/Cc2ccccc2N1c1cccc(CC)c1C. The number of aryl methyl sites for hydroxylation is 1. The Morgan fingerprint density at radius 2 is 1.87 bits per heavy atom. The minimum Gasteiger partial charge on any atom is -0.295 e. The molecule has 0 aliphatic carbocycles. The number of anilines is 2. The molecule has 2 aromatic rings. The molecule has 2 aromatic carbocycles. The molecule has 0 radical (unpaired) electrons. The molecular weight excluding hydrogens is 280 g/mol. The van der Waals surface area contributed by atoms with E-state index in [4.69, 9.17) is 0 Å². The maximum Gasteiger partial charge on any atom is 0.130 e. The third-order valence-electron chi connectivity index (χ3n) is 4.31. The van der Waals surface area contributed by atoms with E-state index in [1.54, 1.807) is 0 Å². The molecule has 2 nitrogen and oxygen atoms in total. The number of allylic oxidation sites excluding steroid dienone is 2. The van der Waals surface area contributed by atoms with Gasteiger partial charge in [0.05, 0.1) is 11.4 Å². The van der Waals surface area contributed by atoms with Gasteiger partial charge in [0.15, 0.2) is 0 Å². The quantitative estimate of drug-likeness (QED) is 0.730. The van der Waals surface area contributed by atoms with E-state index in [0.29, 0.717) is 0 Å². The zero-order chi connectivity index (χ0) is 16.2. The molecule has 23 heavy (non-hydrogen) atoms. The van der Waals surface area contributed by atoms with Crippen molar-refractivity contribution in [3.63, 3.8) is 0 Å². The molecule has 0 N–H and O–H groups in total. The van der Waals surface area contributed by atoms with Gasteiger partial charge in [0.25, 0.3) is 0 Å². The van der Waals surface area contributed by atoms with Crippen LogP contribution in [0.25, 0.3) is 0 Å². The Morgan fingerprint density at radius 3 is 2.70 bits per heavy atom. The normalized spacial score (nSPS) is 17.0. The fourth-order valence-corrected chi connectivity index (χ4v) is 3.05.